The Morgan fingerprint density at radius 2 is 2.05 bits per heavy atom. The number of benzene rings is 1. The molecular weight excluding hydrogens is 285 g/mol. The zero-order chi connectivity index (χ0) is 15.5. The molecule has 3 aromatic rings. The number of aromatic nitrogens is 4. The zero-order valence-corrected chi connectivity index (χ0v) is 12.4. The molecule has 22 heavy (non-hydrogen) atoms. The molecule has 0 fully saturated rings. The Morgan fingerprint density at radius 1 is 1.27 bits per heavy atom. The highest BCUT2D eigenvalue weighted by Crippen LogP contribution is 2.15. The number of hydrogen-bond donors (Lipinski definition) is 0. The van der Waals surface area contributed by atoms with Crippen LogP contribution in [-0.4, -0.2) is 39.8 Å². The fourth-order valence-electron chi connectivity index (χ4n) is 2.13. The van der Waals surface area contributed by atoms with Crippen LogP contribution in [0.25, 0.3) is 5.78 Å². The van der Waals surface area contributed by atoms with E-state index in [-0.39, 0.29) is 5.82 Å². The number of nitrogens with zero attached hydrogens (tertiary/aromatic N) is 5. The van der Waals surface area contributed by atoms with Crippen LogP contribution in [0.1, 0.15) is 5.69 Å². The zero-order valence-electron chi connectivity index (χ0n) is 12.4. The average molecular weight is 301 g/mol. The first kappa shape index (κ1) is 14.2. The van der Waals surface area contributed by atoms with Crippen LogP contribution in [0.5, 0.6) is 5.75 Å². The van der Waals surface area contributed by atoms with E-state index in [1.54, 1.807) is 16.6 Å². The second-order valence-corrected chi connectivity index (χ2v) is 4.95. The fraction of sp³-hybridized carbons (Fsp3) is 0.267. The van der Waals surface area contributed by atoms with Crippen molar-refractivity contribution >= 4 is 11.6 Å². The molecule has 0 bridgehead atoms. The summed E-state index contributed by atoms with van der Waals surface area (Å²) in [6.45, 7) is 3.04. The molecule has 114 valence electrons. The van der Waals surface area contributed by atoms with Crippen LogP contribution in [-0.2, 0) is 0 Å². The van der Waals surface area contributed by atoms with Gasteiger partial charge in [-0.2, -0.15) is 14.6 Å². The van der Waals surface area contributed by atoms with Crippen molar-refractivity contribution in [2.75, 3.05) is 25.1 Å². The van der Waals surface area contributed by atoms with Crippen molar-refractivity contribution in [3.05, 3.63) is 48.2 Å². The topological polar surface area (TPSA) is 55.6 Å². The third-order valence-corrected chi connectivity index (χ3v) is 3.26. The Hall–Kier alpha value is -2.70. The van der Waals surface area contributed by atoms with Crippen molar-refractivity contribution < 1.29 is 9.13 Å². The summed E-state index contributed by atoms with van der Waals surface area (Å²) in [4.78, 5) is 10.4. The first-order valence-corrected chi connectivity index (χ1v) is 6.90. The minimum Gasteiger partial charge on any atom is -0.492 e. The van der Waals surface area contributed by atoms with Crippen molar-refractivity contribution in [1.82, 2.24) is 19.6 Å². The number of ether oxygens (including phenoxy) is 1. The number of halogens is 1. The Morgan fingerprint density at radius 3 is 2.82 bits per heavy atom. The molecule has 0 aliphatic carbocycles. The highest BCUT2D eigenvalue weighted by Gasteiger charge is 2.10. The van der Waals surface area contributed by atoms with E-state index in [2.05, 4.69) is 15.1 Å². The molecule has 0 amide bonds. The molecule has 0 aliphatic heterocycles. The average Bonchev–Trinajstić information content (AvgIpc) is 2.96. The Labute approximate surface area is 127 Å². The van der Waals surface area contributed by atoms with Gasteiger partial charge >= 0.3 is 0 Å². The van der Waals surface area contributed by atoms with E-state index < -0.39 is 0 Å². The van der Waals surface area contributed by atoms with Crippen molar-refractivity contribution in [3.63, 3.8) is 0 Å². The second-order valence-electron chi connectivity index (χ2n) is 4.95. The van der Waals surface area contributed by atoms with Gasteiger partial charge < -0.3 is 9.64 Å². The van der Waals surface area contributed by atoms with E-state index in [0.717, 1.165) is 11.5 Å². The third kappa shape index (κ3) is 2.98. The van der Waals surface area contributed by atoms with Gasteiger partial charge in [0.2, 0.25) is 0 Å². The maximum absolute atomic E-state index is 12.8. The Bertz CT molecular complexity index is 771. The summed E-state index contributed by atoms with van der Waals surface area (Å²) < 4.78 is 20.1. The molecule has 0 N–H and O–H groups in total. The molecule has 2 heterocycles. The molecule has 1 aromatic carbocycles. The van der Waals surface area contributed by atoms with Gasteiger partial charge in [0.05, 0.1) is 6.54 Å². The van der Waals surface area contributed by atoms with E-state index in [0.29, 0.717) is 24.7 Å². The summed E-state index contributed by atoms with van der Waals surface area (Å²) in [6, 6.07) is 7.93. The number of anilines is 1. The van der Waals surface area contributed by atoms with Gasteiger partial charge in [-0.15, -0.1) is 0 Å². The second kappa shape index (κ2) is 5.97. The van der Waals surface area contributed by atoms with Crippen LogP contribution in [0.15, 0.2) is 36.7 Å². The van der Waals surface area contributed by atoms with E-state index in [1.165, 1.54) is 18.5 Å². The largest absolute Gasteiger partial charge is 0.492 e. The molecule has 0 atom stereocenters. The normalized spacial score (nSPS) is 10.9. The molecule has 0 radical (unpaired) electrons. The fourth-order valence-corrected chi connectivity index (χ4v) is 2.13. The van der Waals surface area contributed by atoms with E-state index in [1.807, 2.05) is 24.9 Å². The van der Waals surface area contributed by atoms with Crippen LogP contribution in [0.4, 0.5) is 10.2 Å². The Kier molecular flexibility index (Phi) is 3.86. The van der Waals surface area contributed by atoms with Crippen molar-refractivity contribution in [1.29, 1.82) is 0 Å². The maximum atomic E-state index is 12.8. The summed E-state index contributed by atoms with van der Waals surface area (Å²) in [5.41, 5.74) is 0.877. The third-order valence-electron chi connectivity index (χ3n) is 3.26. The molecule has 0 saturated heterocycles. The monoisotopic (exact) mass is 301 g/mol. The van der Waals surface area contributed by atoms with Crippen molar-refractivity contribution in [3.8, 4) is 5.75 Å². The van der Waals surface area contributed by atoms with Crippen LogP contribution in [0.2, 0.25) is 0 Å². The molecule has 0 aliphatic rings. The molecule has 3 rings (SSSR count). The minimum absolute atomic E-state index is 0.273. The predicted octanol–water partition coefficient (Wildman–Crippen LogP) is 2.09. The van der Waals surface area contributed by atoms with Crippen LogP contribution in [0.3, 0.4) is 0 Å². The lowest BCUT2D eigenvalue weighted by atomic mass is 10.3. The number of aryl methyl sites for hydroxylation is 1. The number of fused-ring (bicyclic) bond motifs is 1. The molecule has 0 unspecified atom stereocenters. The number of hydrogen-bond acceptors (Lipinski definition) is 5. The molecule has 0 spiro atoms. The van der Waals surface area contributed by atoms with Crippen LogP contribution < -0.4 is 9.64 Å². The first-order chi connectivity index (χ1) is 10.6. The SMILES string of the molecule is Cc1cc(N(C)CCOc2ccc(F)cc2)n2ncnc2n1. The highest BCUT2D eigenvalue weighted by atomic mass is 19.1. The van der Waals surface area contributed by atoms with Gasteiger partial charge in [0.15, 0.2) is 0 Å². The van der Waals surface area contributed by atoms with E-state index in [9.17, 15) is 4.39 Å². The smallest absolute Gasteiger partial charge is 0.254 e. The lowest BCUT2D eigenvalue weighted by Crippen LogP contribution is -2.26. The van der Waals surface area contributed by atoms with Gasteiger partial charge in [0.1, 0.15) is 30.3 Å². The van der Waals surface area contributed by atoms with E-state index in [4.69, 9.17) is 4.74 Å². The van der Waals surface area contributed by atoms with E-state index >= 15 is 0 Å². The summed E-state index contributed by atoms with van der Waals surface area (Å²) in [7, 11) is 1.95. The number of rotatable bonds is 5. The minimum atomic E-state index is -0.273. The predicted molar refractivity (Wildman–Crippen MR) is 80.7 cm³/mol. The van der Waals surface area contributed by atoms with Gasteiger partial charge in [-0.3, -0.25) is 0 Å². The van der Waals surface area contributed by atoms with Crippen LogP contribution in [0, 0.1) is 12.7 Å². The quantitative estimate of drug-likeness (QED) is 0.722. The molecular formula is C15H16FN5O. The molecule has 6 nitrogen and oxygen atoms in total. The summed E-state index contributed by atoms with van der Waals surface area (Å²) in [5, 5.41) is 4.18. The lowest BCUT2D eigenvalue weighted by Gasteiger charge is -2.20. The molecule has 0 saturated carbocycles. The van der Waals surface area contributed by atoms with Gasteiger partial charge in [0, 0.05) is 18.8 Å². The number of likely N-dealkylation sites (N-methyl/N-ethyl adjacent to an activating group) is 1. The summed E-state index contributed by atoms with van der Waals surface area (Å²) >= 11 is 0. The van der Waals surface area contributed by atoms with Crippen molar-refractivity contribution in [2.45, 2.75) is 6.92 Å². The standard InChI is InChI=1S/C15H16FN5O/c1-11-9-14(21-15(19-11)17-10-18-21)20(2)7-8-22-13-5-3-12(16)4-6-13/h3-6,9-10H,7-8H2,1-2H3. The van der Waals surface area contributed by atoms with Crippen molar-refractivity contribution in [2.24, 2.45) is 0 Å². The molecule has 2 aromatic heterocycles. The first-order valence-electron chi connectivity index (χ1n) is 6.90. The van der Waals surface area contributed by atoms with Gasteiger partial charge in [0.25, 0.3) is 5.78 Å². The highest BCUT2D eigenvalue weighted by molar-refractivity contribution is 5.46. The van der Waals surface area contributed by atoms with Gasteiger partial charge in [-0.1, -0.05) is 0 Å². The summed E-state index contributed by atoms with van der Waals surface area (Å²) in [6.07, 6.45) is 1.48. The maximum Gasteiger partial charge on any atom is 0.254 e. The van der Waals surface area contributed by atoms with Gasteiger partial charge in [-0.25, -0.2) is 9.37 Å². The molecule has 7 heteroatoms. The van der Waals surface area contributed by atoms with Crippen LogP contribution >= 0.6 is 0 Å². The van der Waals surface area contributed by atoms with Gasteiger partial charge in [-0.05, 0) is 31.2 Å². The lowest BCUT2D eigenvalue weighted by molar-refractivity contribution is 0.325. The Balaban J connectivity index is 1.67. The summed E-state index contributed by atoms with van der Waals surface area (Å²) in [5.74, 6) is 1.83.